The number of alkyl halides is 4. The SMILES string of the molecule is Fc1ccc(-c2cn(CCN3CCC3)c([C@@H]3CCNC[C@H]3F)n2)cc1C(F)(F)F. The Bertz CT molecular complexity index is 859. The van der Waals surface area contributed by atoms with Gasteiger partial charge in [-0.2, -0.15) is 13.2 Å². The maximum absolute atomic E-state index is 14.6. The van der Waals surface area contributed by atoms with Crippen LogP contribution in [0.4, 0.5) is 22.0 Å². The van der Waals surface area contributed by atoms with E-state index in [0.717, 1.165) is 38.2 Å². The van der Waals surface area contributed by atoms with Gasteiger partial charge in [-0.3, -0.25) is 0 Å². The Labute approximate surface area is 165 Å². The number of nitrogens with one attached hydrogen (secondary N) is 1. The van der Waals surface area contributed by atoms with Crippen molar-refractivity contribution < 1.29 is 22.0 Å². The van der Waals surface area contributed by atoms with Crippen LogP contribution < -0.4 is 5.32 Å². The zero-order valence-corrected chi connectivity index (χ0v) is 15.9. The molecule has 1 aromatic carbocycles. The van der Waals surface area contributed by atoms with Crippen LogP contribution in [-0.4, -0.2) is 53.3 Å². The van der Waals surface area contributed by atoms with Crippen LogP contribution in [0.3, 0.4) is 0 Å². The van der Waals surface area contributed by atoms with Crippen molar-refractivity contribution in [3.05, 3.63) is 41.6 Å². The van der Waals surface area contributed by atoms with Gasteiger partial charge >= 0.3 is 6.18 Å². The van der Waals surface area contributed by atoms with Crippen LogP contribution in [0.25, 0.3) is 11.3 Å². The fourth-order valence-electron chi connectivity index (χ4n) is 3.91. The predicted octanol–water partition coefficient (Wildman–Crippen LogP) is 3.83. The van der Waals surface area contributed by atoms with E-state index in [4.69, 9.17) is 0 Å². The molecule has 0 unspecified atom stereocenters. The van der Waals surface area contributed by atoms with Gasteiger partial charge in [0.25, 0.3) is 0 Å². The second-order valence-electron chi connectivity index (χ2n) is 7.68. The number of hydrogen-bond donors (Lipinski definition) is 1. The molecule has 0 bridgehead atoms. The number of piperidine rings is 1. The van der Waals surface area contributed by atoms with Gasteiger partial charge in [0.15, 0.2) is 0 Å². The summed E-state index contributed by atoms with van der Waals surface area (Å²) in [6.07, 6.45) is -2.52. The third-order valence-corrected chi connectivity index (χ3v) is 5.72. The summed E-state index contributed by atoms with van der Waals surface area (Å²) < 4.78 is 69.4. The normalized spacial score (nSPS) is 23.2. The van der Waals surface area contributed by atoms with Crippen LogP contribution in [0.15, 0.2) is 24.4 Å². The molecule has 1 N–H and O–H groups in total. The number of benzene rings is 1. The molecule has 0 saturated carbocycles. The summed E-state index contributed by atoms with van der Waals surface area (Å²) in [4.78, 5) is 6.78. The van der Waals surface area contributed by atoms with Gasteiger partial charge in [0, 0.05) is 31.4 Å². The van der Waals surface area contributed by atoms with E-state index in [9.17, 15) is 22.0 Å². The maximum Gasteiger partial charge on any atom is 0.419 e. The Morgan fingerprint density at radius 2 is 1.97 bits per heavy atom. The van der Waals surface area contributed by atoms with Crippen LogP contribution in [0, 0.1) is 5.82 Å². The molecule has 2 atom stereocenters. The summed E-state index contributed by atoms with van der Waals surface area (Å²) >= 11 is 0. The molecule has 2 aliphatic rings. The molecule has 1 aromatic heterocycles. The third-order valence-electron chi connectivity index (χ3n) is 5.72. The van der Waals surface area contributed by atoms with Gasteiger partial charge in [-0.25, -0.2) is 13.8 Å². The summed E-state index contributed by atoms with van der Waals surface area (Å²) in [7, 11) is 0. The lowest BCUT2D eigenvalue weighted by atomic mass is 9.95. The Kier molecular flexibility index (Phi) is 5.61. The van der Waals surface area contributed by atoms with Gasteiger partial charge in [-0.05, 0) is 50.7 Å². The number of nitrogens with zero attached hydrogens (tertiary/aromatic N) is 3. The molecule has 0 amide bonds. The van der Waals surface area contributed by atoms with Crippen LogP contribution in [0.1, 0.15) is 30.1 Å². The second kappa shape index (κ2) is 8.02. The van der Waals surface area contributed by atoms with Gasteiger partial charge in [-0.1, -0.05) is 0 Å². The smallest absolute Gasteiger partial charge is 0.333 e. The average molecular weight is 414 g/mol. The summed E-state index contributed by atoms with van der Waals surface area (Å²) in [5, 5.41) is 3.00. The van der Waals surface area contributed by atoms with E-state index in [1.165, 1.54) is 6.07 Å². The standard InChI is InChI=1S/C20H23F5N4/c21-16-3-2-13(10-15(16)20(23,24)25)18-12-29(9-8-28-6-1-7-28)19(27-18)14-4-5-26-11-17(14)22/h2-3,10,12,14,17,26H,1,4-9,11H2/t14-,17-/m1/s1. The fraction of sp³-hybridized carbons (Fsp3) is 0.550. The molecule has 158 valence electrons. The third kappa shape index (κ3) is 4.30. The Morgan fingerprint density at radius 3 is 2.62 bits per heavy atom. The molecule has 0 aliphatic carbocycles. The topological polar surface area (TPSA) is 33.1 Å². The van der Waals surface area contributed by atoms with Crippen molar-refractivity contribution in [2.24, 2.45) is 0 Å². The fourth-order valence-corrected chi connectivity index (χ4v) is 3.91. The molecular formula is C20H23F5N4. The van der Waals surface area contributed by atoms with Crippen molar-refractivity contribution in [3.63, 3.8) is 0 Å². The quantitative estimate of drug-likeness (QED) is 0.755. The lowest BCUT2D eigenvalue weighted by Crippen LogP contribution is -2.40. The first kappa shape index (κ1) is 20.3. The summed E-state index contributed by atoms with van der Waals surface area (Å²) in [6.45, 7) is 4.29. The molecule has 2 fully saturated rings. The van der Waals surface area contributed by atoms with E-state index >= 15 is 0 Å². The van der Waals surface area contributed by atoms with Crippen molar-refractivity contribution in [2.45, 2.75) is 37.7 Å². The van der Waals surface area contributed by atoms with Crippen molar-refractivity contribution in [1.82, 2.24) is 19.8 Å². The molecule has 0 spiro atoms. The van der Waals surface area contributed by atoms with Crippen molar-refractivity contribution in [1.29, 1.82) is 0 Å². The van der Waals surface area contributed by atoms with Gasteiger partial charge in [0.1, 0.15) is 17.8 Å². The molecule has 4 rings (SSSR count). The highest BCUT2D eigenvalue weighted by atomic mass is 19.4. The summed E-state index contributed by atoms with van der Waals surface area (Å²) in [5.74, 6) is -1.18. The number of rotatable bonds is 5. The van der Waals surface area contributed by atoms with Crippen molar-refractivity contribution in [3.8, 4) is 11.3 Å². The van der Waals surface area contributed by atoms with Crippen LogP contribution in [-0.2, 0) is 12.7 Å². The van der Waals surface area contributed by atoms with Gasteiger partial charge in [-0.15, -0.1) is 0 Å². The van der Waals surface area contributed by atoms with Crippen molar-refractivity contribution in [2.75, 3.05) is 32.7 Å². The van der Waals surface area contributed by atoms with Crippen LogP contribution >= 0.6 is 0 Å². The lowest BCUT2D eigenvalue weighted by Gasteiger charge is -2.31. The largest absolute Gasteiger partial charge is 0.419 e. The van der Waals surface area contributed by atoms with Crippen LogP contribution in [0.5, 0.6) is 0 Å². The highest BCUT2D eigenvalue weighted by molar-refractivity contribution is 5.60. The van der Waals surface area contributed by atoms with E-state index in [0.29, 0.717) is 31.0 Å². The minimum Gasteiger partial charge on any atom is -0.333 e. The number of likely N-dealkylation sites (tertiary alicyclic amines) is 1. The Morgan fingerprint density at radius 1 is 1.17 bits per heavy atom. The zero-order chi connectivity index (χ0) is 20.6. The van der Waals surface area contributed by atoms with Gasteiger partial charge < -0.3 is 14.8 Å². The van der Waals surface area contributed by atoms with E-state index in [2.05, 4.69) is 15.2 Å². The van der Waals surface area contributed by atoms with Gasteiger partial charge in [0.2, 0.25) is 0 Å². The maximum atomic E-state index is 14.6. The molecule has 3 heterocycles. The van der Waals surface area contributed by atoms with E-state index in [-0.39, 0.29) is 12.1 Å². The summed E-state index contributed by atoms with van der Waals surface area (Å²) in [6, 6.07) is 2.86. The molecule has 2 aromatic rings. The number of imidazole rings is 1. The number of halogens is 5. The monoisotopic (exact) mass is 414 g/mol. The predicted molar refractivity (Wildman–Crippen MR) is 98.8 cm³/mol. The first-order chi connectivity index (χ1) is 13.8. The van der Waals surface area contributed by atoms with E-state index in [1.54, 1.807) is 6.20 Å². The second-order valence-corrected chi connectivity index (χ2v) is 7.68. The van der Waals surface area contributed by atoms with Crippen LogP contribution in [0.2, 0.25) is 0 Å². The zero-order valence-electron chi connectivity index (χ0n) is 15.9. The lowest BCUT2D eigenvalue weighted by molar-refractivity contribution is -0.139. The minimum atomic E-state index is -4.79. The molecule has 2 saturated heterocycles. The molecule has 2 aliphatic heterocycles. The Balaban J connectivity index is 1.68. The molecular weight excluding hydrogens is 391 g/mol. The molecule has 9 heteroatoms. The van der Waals surface area contributed by atoms with Gasteiger partial charge in [0.05, 0.1) is 17.2 Å². The first-order valence-corrected chi connectivity index (χ1v) is 9.84. The van der Waals surface area contributed by atoms with E-state index in [1.807, 2.05) is 4.57 Å². The minimum absolute atomic E-state index is 0.173. The highest BCUT2D eigenvalue weighted by Crippen LogP contribution is 2.35. The summed E-state index contributed by atoms with van der Waals surface area (Å²) in [5.41, 5.74) is -0.844. The molecule has 4 nitrogen and oxygen atoms in total. The molecule has 0 radical (unpaired) electrons. The first-order valence-electron chi connectivity index (χ1n) is 9.84. The number of hydrogen-bond acceptors (Lipinski definition) is 3. The Hall–Kier alpha value is -2.00. The number of aromatic nitrogens is 2. The van der Waals surface area contributed by atoms with Crippen molar-refractivity contribution >= 4 is 0 Å². The average Bonchev–Trinajstić information content (AvgIpc) is 3.04. The van der Waals surface area contributed by atoms with E-state index < -0.39 is 29.6 Å². The highest BCUT2D eigenvalue weighted by Gasteiger charge is 2.35. The molecule has 29 heavy (non-hydrogen) atoms.